The minimum absolute atomic E-state index is 0.0875. The highest BCUT2D eigenvalue weighted by atomic mass is 31.2. The van der Waals surface area contributed by atoms with Gasteiger partial charge in [-0.2, -0.15) is 0 Å². The van der Waals surface area contributed by atoms with Gasteiger partial charge in [-0.1, -0.05) is 152 Å². The highest BCUT2D eigenvalue weighted by Crippen LogP contribution is 2.47. The highest BCUT2D eigenvalue weighted by molar-refractivity contribution is 7.47. The molecule has 0 aromatic carbocycles. The van der Waals surface area contributed by atoms with Crippen LogP contribution in [0.15, 0.2) is 48.6 Å². The third kappa shape index (κ3) is 30.9. The van der Waals surface area contributed by atoms with Gasteiger partial charge in [0.05, 0.1) is 13.2 Å². The molecule has 0 saturated heterocycles. The molecule has 0 aliphatic heterocycles. The van der Waals surface area contributed by atoms with Crippen LogP contribution in [0.4, 0.5) is 0 Å². The SMILES string of the molecule is CCCCC/C=C\C/C=C\C/C=C\CCCCCCCCCOCC(COP(=O)(O)OC1C(O)C(O)C(O)C(O)C1O)OC(=O)CCCCCCC/C=C\CCCCCCC. The first kappa shape index (κ1) is 57.3. The van der Waals surface area contributed by atoms with Crippen molar-refractivity contribution in [1.29, 1.82) is 0 Å². The van der Waals surface area contributed by atoms with E-state index < -0.39 is 63.1 Å². The first-order valence-corrected chi connectivity index (χ1v) is 25.5. The first-order valence-electron chi connectivity index (χ1n) is 24.0. The van der Waals surface area contributed by atoms with Crippen molar-refractivity contribution in [2.24, 2.45) is 0 Å². The lowest BCUT2D eigenvalue weighted by Crippen LogP contribution is -2.64. The minimum atomic E-state index is -5.02. The number of aliphatic hydroxyl groups excluding tert-OH is 5. The molecule has 61 heavy (non-hydrogen) atoms. The lowest BCUT2D eigenvalue weighted by molar-refractivity contribution is -0.220. The molecule has 0 radical (unpaired) electrons. The standard InChI is InChI=1S/C48H87O12P/c1-3-5-7-9-11-13-15-17-19-20-21-22-23-24-26-28-30-32-34-36-38-57-39-41(40-58-61(55,56)60-48-46(53)44(51)43(50)45(52)47(48)54)59-42(49)37-35-33-31-29-27-25-18-16-14-12-10-8-6-4-2/h11,13,16-19,21-22,41,43-48,50-54H,3-10,12,14-15,20,23-40H2,1-2H3,(H,55,56)/b13-11-,18-16-,19-17-,22-21-. The molecule has 1 saturated carbocycles. The van der Waals surface area contributed by atoms with Crippen molar-refractivity contribution >= 4 is 13.8 Å². The van der Waals surface area contributed by atoms with Gasteiger partial charge in [-0.25, -0.2) is 4.57 Å². The molecule has 0 heterocycles. The number of unbranched alkanes of at least 4 members (excludes halogenated alkanes) is 20. The summed E-state index contributed by atoms with van der Waals surface area (Å²) in [5, 5.41) is 50.2. The Hall–Kier alpha value is -1.70. The number of phosphoric ester groups is 1. The number of ether oxygens (including phenoxy) is 2. The highest BCUT2D eigenvalue weighted by Gasteiger charge is 2.51. The summed E-state index contributed by atoms with van der Waals surface area (Å²) in [5.41, 5.74) is 0. The maximum Gasteiger partial charge on any atom is 0.472 e. The van der Waals surface area contributed by atoms with Gasteiger partial charge in [0.15, 0.2) is 0 Å². The monoisotopic (exact) mass is 887 g/mol. The molecule has 12 nitrogen and oxygen atoms in total. The Morgan fingerprint density at radius 3 is 1.44 bits per heavy atom. The van der Waals surface area contributed by atoms with Gasteiger partial charge in [0.1, 0.15) is 42.7 Å². The number of rotatable bonds is 40. The molecule has 6 unspecified atom stereocenters. The molecule has 6 atom stereocenters. The van der Waals surface area contributed by atoms with Gasteiger partial charge in [0.25, 0.3) is 0 Å². The maximum atomic E-state index is 12.8. The van der Waals surface area contributed by atoms with E-state index in [1.807, 2.05) is 0 Å². The van der Waals surface area contributed by atoms with Crippen molar-refractivity contribution in [1.82, 2.24) is 0 Å². The summed E-state index contributed by atoms with van der Waals surface area (Å²) in [6.07, 6.45) is 34.6. The van der Waals surface area contributed by atoms with E-state index in [0.717, 1.165) is 83.5 Å². The molecule has 1 aliphatic rings. The normalized spacial score (nSPS) is 22.6. The van der Waals surface area contributed by atoms with Crippen LogP contribution in [-0.2, 0) is 27.9 Å². The van der Waals surface area contributed by atoms with Gasteiger partial charge < -0.3 is 39.9 Å². The minimum Gasteiger partial charge on any atom is -0.457 e. The molecule has 0 aromatic rings. The average Bonchev–Trinajstić information content (AvgIpc) is 3.24. The Kier molecular flexibility index (Phi) is 36.4. The number of carbonyl (C=O) groups is 1. The predicted molar refractivity (Wildman–Crippen MR) is 244 cm³/mol. The molecular weight excluding hydrogens is 799 g/mol. The van der Waals surface area contributed by atoms with Gasteiger partial charge in [0.2, 0.25) is 0 Å². The zero-order valence-electron chi connectivity index (χ0n) is 38.0. The van der Waals surface area contributed by atoms with Crippen molar-refractivity contribution in [3.05, 3.63) is 48.6 Å². The summed E-state index contributed by atoms with van der Waals surface area (Å²) >= 11 is 0. The summed E-state index contributed by atoms with van der Waals surface area (Å²) in [6.45, 7) is 4.19. The van der Waals surface area contributed by atoms with Gasteiger partial charge in [-0.05, 0) is 77.0 Å². The largest absolute Gasteiger partial charge is 0.472 e. The molecule has 0 spiro atoms. The average molecular weight is 887 g/mol. The van der Waals surface area contributed by atoms with Crippen molar-refractivity contribution in [2.75, 3.05) is 19.8 Å². The molecule has 356 valence electrons. The van der Waals surface area contributed by atoms with Crippen LogP contribution in [0.5, 0.6) is 0 Å². The zero-order chi connectivity index (χ0) is 44.8. The molecule has 0 aromatic heterocycles. The van der Waals surface area contributed by atoms with Crippen LogP contribution >= 0.6 is 7.82 Å². The Bertz CT molecular complexity index is 1190. The van der Waals surface area contributed by atoms with E-state index in [9.17, 15) is 39.8 Å². The first-order chi connectivity index (χ1) is 29.5. The van der Waals surface area contributed by atoms with Crippen LogP contribution < -0.4 is 0 Å². The van der Waals surface area contributed by atoms with Crippen LogP contribution in [0.1, 0.15) is 187 Å². The Labute approximate surface area is 369 Å². The molecule has 1 fully saturated rings. The van der Waals surface area contributed by atoms with Crippen molar-refractivity contribution in [2.45, 2.75) is 230 Å². The van der Waals surface area contributed by atoms with Crippen LogP contribution in [-0.4, -0.2) is 98.9 Å². The zero-order valence-corrected chi connectivity index (χ0v) is 38.8. The molecule has 13 heteroatoms. The number of allylic oxidation sites excluding steroid dienone is 8. The molecule has 0 amide bonds. The van der Waals surface area contributed by atoms with E-state index in [-0.39, 0.29) is 13.0 Å². The fraction of sp³-hybridized carbons (Fsp3) is 0.812. The van der Waals surface area contributed by atoms with E-state index in [1.165, 1.54) is 77.0 Å². The van der Waals surface area contributed by atoms with Crippen LogP contribution in [0.25, 0.3) is 0 Å². The quantitative estimate of drug-likeness (QED) is 0.0148. The summed E-state index contributed by atoms with van der Waals surface area (Å²) in [5.74, 6) is -0.491. The van der Waals surface area contributed by atoms with Gasteiger partial charge in [-0.3, -0.25) is 13.8 Å². The van der Waals surface area contributed by atoms with E-state index in [4.69, 9.17) is 18.5 Å². The lowest BCUT2D eigenvalue weighted by atomic mass is 9.85. The van der Waals surface area contributed by atoms with Crippen LogP contribution in [0.2, 0.25) is 0 Å². The maximum absolute atomic E-state index is 12.8. The number of hydrogen-bond donors (Lipinski definition) is 6. The second kappa shape index (κ2) is 38.7. The fourth-order valence-electron chi connectivity index (χ4n) is 7.06. The third-order valence-electron chi connectivity index (χ3n) is 10.9. The van der Waals surface area contributed by atoms with E-state index >= 15 is 0 Å². The molecular formula is C48H87O12P. The molecule has 1 rings (SSSR count). The van der Waals surface area contributed by atoms with Crippen molar-refractivity contribution < 1.29 is 58.3 Å². The van der Waals surface area contributed by atoms with E-state index in [2.05, 4.69) is 62.5 Å². The molecule has 1 aliphatic carbocycles. The number of phosphoric acid groups is 1. The summed E-state index contributed by atoms with van der Waals surface area (Å²) in [4.78, 5) is 23.2. The predicted octanol–water partition coefficient (Wildman–Crippen LogP) is 10.0. The summed E-state index contributed by atoms with van der Waals surface area (Å²) in [6, 6.07) is 0. The number of esters is 1. The van der Waals surface area contributed by atoms with Crippen LogP contribution in [0, 0.1) is 0 Å². The second-order valence-electron chi connectivity index (χ2n) is 16.6. The van der Waals surface area contributed by atoms with Gasteiger partial charge in [0, 0.05) is 13.0 Å². The van der Waals surface area contributed by atoms with E-state index in [1.54, 1.807) is 0 Å². The van der Waals surface area contributed by atoms with E-state index in [0.29, 0.717) is 13.0 Å². The smallest absolute Gasteiger partial charge is 0.457 e. The Morgan fingerprint density at radius 2 is 0.918 bits per heavy atom. The number of aliphatic hydroxyl groups is 5. The van der Waals surface area contributed by atoms with Gasteiger partial charge in [-0.15, -0.1) is 0 Å². The topological polar surface area (TPSA) is 192 Å². The molecule has 6 N–H and O–H groups in total. The fourth-order valence-corrected chi connectivity index (χ4v) is 8.03. The summed E-state index contributed by atoms with van der Waals surface area (Å²) in [7, 11) is -5.02. The third-order valence-corrected chi connectivity index (χ3v) is 11.9. The Balaban J connectivity index is 2.38. The van der Waals surface area contributed by atoms with Crippen molar-refractivity contribution in [3.63, 3.8) is 0 Å². The van der Waals surface area contributed by atoms with Crippen LogP contribution in [0.3, 0.4) is 0 Å². The number of hydrogen-bond acceptors (Lipinski definition) is 11. The van der Waals surface area contributed by atoms with Crippen molar-refractivity contribution in [3.8, 4) is 0 Å². The van der Waals surface area contributed by atoms with Gasteiger partial charge >= 0.3 is 13.8 Å². The number of carbonyl (C=O) groups excluding carboxylic acids is 1. The second-order valence-corrected chi connectivity index (χ2v) is 18.0. The Morgan fingerprint density at radius 1 is 0.525 bits per heavy atom. The lowest BCUT2D eigenvalue weighted by Gasteiger charge is -2.41. The molecule has 0 bridgehead atoms. The summed E-state index contributed by atoms with van der Waals surface area (Å²) < 4.78 is 34.2.